The molecule has 0 bridgehead atoms. The number of rotatable bonds is 4. The number of carbonyl (C=O) groups is 2. The number of piperidine rings is 1. The van der Waals surface area contributed by atoms with Crippen molar-refractivity contribution in [2.75, 3.05) is 20.2 Å². The molecule has 0 unspecified atom stereocenters. The molecule has 0 N–H and O–H groups in total. The monoisotopic (exact) mass is 293 g/mol. The normalized spacial score (nSPS) is 25.9. The lowest BCUT2D eigenvalue weighted by molar-refractivity contribution is -0.145. The number of hydrogen-bond acceptors (Lipinski definition) is 3. The van der Waals surface area contributed by atoms with Crippen molar-refractivity contribution in [3.63, 3.8) is 0 Å². The van der Waals surface area contributed by atoms with Crippen LogP contribution >= 0.6 is 0 Å². The van der Waals surface area contributed by atoms with Crippen molar-refractivity contribution >= 4 is 11.9 Å². The minimum Gasteiger partial charge on any atom is -0.469 e. The van der Waals surface area contributed by atoms with E-state index in [9.17, 15) is 9.59 Å². The van der Waals surface area contributed by atoms with Crippen molar-refractivity contribution in [3.05, 3.63) is 0 Å². The fraction of sp³-hybridized carbons (Fsp3) is 0.882. The molecule has 0 aromatic heterocycles. The number of nitrogens with zero attached hydrogens (tertiary/aromatic N) is 1. The first-order chi connectivity index (χ1) is 10.1. The van der Waals surface area contributed by atoms with Gasteiger partial charge in [-0.2, -0.15) is 0 Å². The van der Waals surface area contributed by atoms with Gasteiger partial charge in [0.25, 0.3) is 0 Å². The first-order valence-corrected chi connectivity index (χ1v) is 8.41. The number of carbonyl (C=O) groups excluding carboxylic acids is 2. The number of likely N-dealkylation sites (tertiary alicyclic amines) is 1. The Hall–Kier alpha value is -1.06. The number of amides is 1. The maximum Gasteiger partial charge on any atom is 0.306 e. The van der Waals surface area contributed by atoms with E-state index in [-0.39, 0.29) is 17.3 Å². The third kappa shape index (κ3) is 3.24. The molecule has 4 heteroatoms. The summed E-state index contributed by atoms with van der Waals surface area (Å²) >= 11 is 0. The molecule has 0 aromatic carbocycles. The SMILES string of the molecule is COC(=O)CC1(CC(=O)N2CCCC3(CC3)C2)CCCC1. The van der Waals surface area contributed by atoms with E-state index in [0.29, 0.717) is 18.3 Å². The standard InChI is InChI=1S/C17H27NO3/c1-21-15(20)12-17(5-2-3-6-17)11-14(19)18-10-4-7-16(13-18)8-9-16/h2-13H2,1H3. The largest absolute Gasteiger partial charge is 0.469 e. The summed E-state index contributed by atoms with van der Waals surface area (Å²) < 4.78 is 4.84. The van der Waals surface area contributed by atoms with Gasteiger partial charge in [0.1, 0.15) is 0 Å². The molecule has 1 saturated heterocycles. The molecular weight excluding hydrogens is 266 g/mol. The van der Waals surface area contributed by atoms with E-state index < -0.39 is 0 Å². The lowest BCUT2D eigenvalue weighted by atomic mass is 9.78. The van der Waals surface area contributed by atoms with Crippen LogP contribution in [0.25, 0.3) is 0 Å². The number of hydrogen-bond donors (Lipinski definition) is 0. The van der Waals surface area contributed by atoms with Crippen molar-refractivity contribution < 1.29 is 14.3 Å². The van der Waals surface area contributed by atoms with Crippen LogP contribution in [-0.2, 0) is 14.3 Å². The van der Waals surface area contributed by atoms with Gasteiger partial charge in [0.05, 0.1) is 13.5 Å². The second kappa shape index (κ2) is 5.62. The highest BCUT2D eigenvalue weighted by atomic mass is 16.5. The van der Waals surface area contributed by atoms with Crippen LogP contribution in [0.1, 0.15) is 64.2 Å². The number of ether oxygens (including phenoxy) is 1. The van der Waals surface area contributed by atoms with Crippen molar-refractivity contribution in [2.45, 2.75) is 64.2 Å². The van der Waals surface area contributed by atoms with Gasteiger partial charge < -0.3 is 9.64 Å². The Morgan fingerprint density at radius 2 is 1.71 bits per heavy atom. The Labute approximate surface area is 127 Å². The molecule has 1 spiro atoms. The van der Waals surface area contributed by atoms with Crippen LogP contribution in [-0.4, -0.2) is 37.0 Å². The van der Waals surface area contributed by atoms with Crippen LogP contribution in [0.4, 0.5) is 0 Å². The van der Waals surface area contributed by atoms with E-state index in [1.54, 1.807) is 0 Å². The summed E-state index contributed by atoms with van der Waals surface area (Å²) in [4.78, 5) is 26.5. The van der Waals surface area contributed by atoms with E-state index in [1.165, 1.54) is 26.4 Å². The van der Waals surface area contributed by atoms with Crippen molar-refractivity contribution in [1.29, 1.82) is 0 Å². The molecule has 3 rings (SSSR count). The smallest absolute Gasteiger partial charge is 0.306 e. The Bertz CT molecular complexity index is 422. The summed E-state index contributed by atoms with van der Waals surface area (Å²) in [6, 6.07) is 0. The Balaban J connectivity index is 1.62. The molecule has 21 heavy (non-hydrogen) atoms. The molecule has 2 aliphatic carbocycles. The highest BCUT2D eigenvalue weighted by Crippen LogP contribution is 2.52. The minimum absolute atomic E-state index is 0.127. The maximum atomic E-state index is 12.7. The lowest BCUT2D eigenvalue weighted by Crippen LogP contribution is -2.43. The third-order valence-electron chi connectivity index (χ3n) is 5.91. The Morgan fingerprint density at radius 1 is 1.00 bits per heavy atom. The van der Waals surface area contributed by atoms with Gasteiger partial charge in [-0.25, -0.2) is 0 Å². The maximum absolute atomic E-state index is 12.7. The number of esters is 1. The fourth-order valence-corrected chi connectivity index (χ4v) is 4.36. The van der Waals surface area contributed by atoms with Crippen LogP contribution in [0, 0.1) is 10.8 Å². The van der Waals surface area contributed by atoms with E-state index in [1.807, 2.05) is 0 Å². The van der Waals surface area contributed by atoms with Crippen LogP contribution < -0.4 is 0 Å². The zero-order valence-corrected chi connectivity index (χ0v) is 13.2. The van der Waals surface area contributed by atoms with E-state index in [4.69, 9.17) is 4.74 Å². The lowest BCUT2D eigenvalue weighted by Gasteiger charge is -2.36. The second-order valence-corrected chi connectivity index (χ2v) is 7.56. The molecule has 0 atom stereocenters. The van der Waals surface area contributed by atoms with Crippen LogP contribution in [0.15, 0.2) is 0 Å². The minimum atomic E-state index is -0.165. The van der Waals surface area contributed by atoms with Gasteiger partial charge in [0.2, 0.25) is 5.91 Å². The van der Waals surface area contributed by atoms with E-state index in [0.717, 1.165) is 45.2 Å². The van der Waals surface area contributed by atoms with Crippen LogP contribution in [0.2, 0.25) is 0 Å². The molecule has 1 heterocycles. The molecule has 0 aromatic rings. The first kappa shape index (κ1) is 14.9. The first-order valence-electron chi connectivity index (χ1n) is 8.41. The summed E-state index contributed by atoms with van der Waals surface area (Å²) in [5.74, 6) is 0.105. The van der Waals surface area contributed by atoms with Gasteiger partial charge in [-0.3, -0.25) is 9.59 Å². The van der Waals surface area contributed by atoms with Crippen LogP contribution in [0.3, 0.4) is 0 Å². The second-order valence-electron chi connectivity index (χ2n) is 7.56. The molecule has 1 aliphatic heterocycles. The molecule has 3 aliphatic rings. The summed E-state index contributed by atoms with van der Waals surface area (Å²) in [7, 11) is 1.44. The molecule has 1 amide bonds. The van der Waals surface area contributed by atoms with Crippen LogP contribution in [0.5, 0.6) is 0 Å². The molecule has 118 valence electrons. The highest BCUT2D eigenvalue weighted by Gasteiger charge is 2.47. The topological polar surface area (TPSA) is 46.6 Å². The predicted octanol–water partition coefficient (Wildman–Crippen LogP) is 2.90. The Morgan fingerprint density at radius 3 is 2.33 bits per heavy atom. The highest BCUT2D eigenvalue weighted by molar-refractivity contribution is 5.79. The zero-order chi connectivity index (χ0) is 14.9. The molecule has 0 radical (unpaired) electrons. The molecule has 2 saturated carbocycles. The van der Waals surface area contributed by atoms with Crippen molar-refractivity contribution in [3.8, 4) is 0 Å². The average Bonchev–Trinajstić information content (AvgIpc) is 3.06. The predicted molar refractivity (Wildman–Crippen MR) is 79.6 cm³/mol. The molecule has 4 nitrogen and oxygen atoms in total. The molecular formula is C17H27NO3. The van der Waals surface area contributed by atoms with E-state index in [2.05, 4.69) is 4.90 Å². The fourth-order valence-electron chi connectivity index (χ4n) is 4.36. The summed E-state index contributed by atoms with van der Waals surface area (Å²) in [6.07, 6.45) is 10.2. The summed E-state index contributed by atoms with van der Waals surface area (Å²) in [6.45, 7) is 1.87. The molecule has 3 fully saturated rings. The van der Waals surface area contributed by atoms with Crippen molar-refractivity contribution in [2.24, 2.45) is 10.8 Å². The van der Waals surface area contributed by atoms with Crippen molar-refractivity contribution in [1.82, 2.24) is 4.90 Å². The van der Waals surface area contributed by atoms with E-state index >= 15 is 0 Å². The Kier molecular flexibility index (Phi) is 3.98. The van der Waals surface area contributed by atoms with Gasteiger partial charge in [0.15, 0.2) is 0 Å². The zero-order valence-electron chi connectivity index (χ0n) is 13.2. The third-order valence-corrected chi connectivity index (χ3v) is 5.91. The van der Waals surface area contributed by atoms with Gasteiger partial charge in [-0.05, 0) is 49.4 Å². The van der Waals surface area contributed by atoms with Gasteiger partial charge in [-0.1, -0.05) is 12.8 Å². The van der Waals surface area contributed by atoms with Gasteiger partial charge >= 0.3 is 5.97 Å². The van der Waals surface area contributed by atoms with Gasteiger partial charge in [-0.15, -0.1) is 0 Å². The summed E-state index contributed by atoms with van der Waals surface area (Å²) in [5.41, 5.74) is 0.345. The number of methoxy groups -OCH3 is 1. The average molecular weight is 293 g/mol. The summed E-state index contributed by atoms with van der Waals surface area (Å²) in [5, 5.41) is 0. The quantitative estimate of drug-likeness (QED) is 0.749. The van der Waals surface area contributed by atoms with Gasteiger partial charge in [0, 0.05) is 19.5 Å².